The Labute approximate surface area is 51.6 Å². The predicted octanol–water partition coefficient (Wildman–Crippen LogP) is 2.17. The highest BCUT2D eigenvalue weighted by Crippen LogP contribution is 2.41. The van der Waals surface area contributed by atoms with Crippen LogP contribution in [0, 0.1) is 0 Å². The summed E-state index contributed by atoms with van der Waals surface area (Å²) in [7, 11) is -2.91. The summed E-state index contributed by atoms with van der Waals surface area (Å²) in [6, 6.07) is 0. The van der Waals surface area contributed by atoms with E-state index < -0.39 is 19.5 Å². The van der Waals surface area contributed by atoms with Crippen LogP contribution in [-0.4, -0.2) is 25.7 Å². The highest BCUT2D eigenvalue weighted by Gasteiger charge is 2.33. The smallest absolute Gasteiger partial charge is 0.324 e. The van der Waals surface area contributed by atoms with Crippen LogP contribution in [0.3, 0.4) is 0 Å². The van der Waals surface area contributed by atoms with Crippen molar-refractivity contribution in [2.75, 3.05) is 19.5 Å². The third-order valence-corrected chi connectivity index (χ3v) is 1.68. The van der Waals surface area contributed by atoms with E-state index in [0.29, 0.717) is 0 Å². The van der Waals surface area contributed by atoms with Crippen LogP contribution in [0.15, 0.2) is 0 Å². The van der Waals surface area contributed by atoms with Gasteiger partial charge in [-0.15, -0.1) is 0 Å². The highest BCUT2D eigenvalue weighted by molar-refractivity contribution is 7.62. The molecule has 0 bridgehead atoms. The molecule has 5 heteroatoms. The minimum atomic E-state index is -4.28. The molecule has 0 aliphatic carbocycles. The first-order chi connectivity index (χ1) is 3.71. The molecule has 0 heterocycles. The van der Waals surface area contributed by atoms with Gasteiger partial charge in [-0.2, -0.15) is 13.2 Å². The lowest BCUT2D eigenvalue weighted by Gasteiger charge is -2.08. The molecule has 0 rings (SSSR count). The molecule has 0 amide bonds. The van der Waals surface area contributed by atoms with Gasteiger partial charge >= 0.3 is 6.18 Å². The zero-order valence-electron chi connectivity index (χ0n) is 5.20. The van der Waals surface area contributed by atoms with Crippen molar-refractivity contribution < 1.29 is 17.7 Å². The number of hydrogen-bond donors (Lipinski definition) is 0. The molecule has 0 atom stereocenters. The lowest BCUT2D eigenvalue weighted by Crippen LogP contribution is -2.13. The lowest BCUT2D eigenvalue weighted by atomic mass is 10.8. The van der Waals surface area contributed by atoms with Gasteiger partial charge in [-0.1, -0.05) is 0 Å². The Kier molecular flexibility index (Phi) is 2.34. The molecule has 0 spiro atoms. The number of hydrogen-bond acceptors (Lipinski definition) is 1. The molecule has 0 fully saturated rings. The van der Waals surface area contributed by atoms with E-state index in [0.717, 1.165) is 13.3 Å². The summed E-state index contributed by atoms with van der Waals surface area (Å²) < 4.78 is 44.6. The monoisotopic (exact) mass is 160 g/mol. The Bertz CT molecular complexity index is 133. The number of alkyl halides is 3. The van der Waals surface area contributed by atoms with Gasteiger partial charge in [0.2, 0.25) is 0 Å². The molecule has 0 aliphatic heterocycles. The van der Waals surface area contributed by atoms with Crippen molar-refractivity contribution in [1.82, 2.24) is 0 Å². The summed E-state index contributed by atoms with van der Waals surface area (Å²) in [6.07, 6.45) is -5.43. The van der Waals surface area contributed by atoms with Crippen LogP contribution < -0.4 is 0 Å². The summed E-state index contributed by atoms with van der Waals surface area (Å²) in [4.78, 5) is 0. The molecule has 9 heavy (non-hydrogen) atoms. The van der Waals surface area contributed by atoms with E-state index in [4.69, 9.17) is 0 Å². The predicted molar refractivity (Wildman–Crippen MR) is 30.4 cm³/mol. The molecule has 0 aromatic rings. The average Bonchev–Trinajstić information content (AvgIpc) is 1.14. The maximum absolute atomic E-state index is 11.4. The van der Waals surface area contributed by atoms with Crippen LogP contribution in [0.5, 0.6) is 0 Å². The number of rotatable bonds is 1. The Morgan fingerprint density at radius 1 is 1.33 bits per heavy atom. The van der Waals surface area contributed by atoms with Crippen molar-refractivity contribution in [2.24, 2.45) is 0 Å². The van der Waals surface area contributed by atoms with Gasteiger partial charge in [0.25, 0.3) is 0 Å². The van der Waals surface area contributed by atoms with Crippen molar-refractivity contribution in [3.63, 3.8) is 0 Å². The third-order valence-electron chi connectivity index (χ3n) is 0.560. The Morgan fingerprint density at radius 3 is 1.67 bits per heavy atom. The van der Waals surface area contributed by atoms with Crippen LogP contribution in [0.1, 0.15) is 0 Å². The van der Waals surface area contributed by atoms with Crippen molar-refractivity contribution in [1.29, 1.82) is 0 Å². The van der Waals surface area contributed by atoms with E-state index in [2.05, 4.69) is 0 Å². The fourth-order valence-electron chi connectivity index (χ4n) is 0.432. The first-order valence-corrected chi connectivity index (χ1v) is 5.10. The van der Waals surface area contributed by atoms with Gasteiger partial charge in [-0.3, -0.25) is 0 Å². The van der Waals surface area contributed by atoms with Crippen molar-refractivity contribution in [3.8, 4) is 0 Å². The van der Waals surface area contributed by atoms with Crippen LogP contribution in [0.4, 0.5) is 13.2 Å². The Balaban J connectivity index is 3.90. The SMILES string of the molecule is CP(C)(=O)CC(F)(F)F. The van der Waals surface area contributed by atoms with Crippen LogP contribution in [0.2, 0.25) is 0 Å². The Hall–Kier alpha value is 0.0200. The normalized spacial score (nSPS) is 13.9. The van der Waals surface area contributed by atoms with Gasteiger partial charge in [-0.05, 0) is 13.3 Å². The molecule has 0 aliphatic rings. The molecule has 56 valence electrons. The zero-order chi connectivity index (χ0) is 7.71. The molecular weight excluding hydrogens is 152 g/mol. The second-order valence-electron chi connectivity index (χ2n) is 2.35. The topological polar surface area (TPSA) is 17.1 Å². The van der Waals surface area contributed by atoms with E-state index in [1.165, 1.54) is 0 Å². The molecular formula is C4H8F3OP. The minimum Gasteiger partial charge on any atom is -0.324 e. The maximum atomic E-state index is 11.4. The molecule has 1 nitrogen and oxygen atoms in total. The second-order valence-corrected chi connectivity index (χ2v) is 5.81. The van der Waals surface area contributed by atoms with Gasteiger partial charge in [0.1, 0.15) is 0 Å². The highest BCUT2D eigenvalue weighted by atomic mass is 31.2. The maximum Gasteiger partial charge on any atom is 0.395 e. The van der Waals surface area contributed by atoms with E-state index in [1.54, 1.807) is 0 Å². The van der Waals surface area contributed by atoms with Gasteiger partial charge in [0.05, 0.1) is 13.3 Å². The third kappa shape index (κ3) is 8.02. The largest absolute Gasteiger partial charge is 0.395 e. The number of halogens is 3. The first-order valence-electron chi connectivity index (χ1n) is 2.31. The summed E-state index contributed by atoms with van der Waals surface area (Å²) >= 11 is 0. The second kappa shape index (κ2) is 2.33. The fraction of sp³-hybridized carbons (Fsp3) is 1.00. The van der Waals surface area contributed by atoms with E-state index in [1.807, 2.05) is 0 Å². The van der Waals surface area contributed by atoms with Crippen LogP contribution >= 0.6 is 7.14 Å². The lowest BCUT2D eigenvalue weighted by molar-refractivity contribution is -0.106. The summed E-state index contributed by atoms with van der Waals surface area (Å²) in [5.74, 6) is 0. The van der Waals surface area contributed by atoms with Crippen LogP contribution in [0.25, 0.3) is 0 Å². The molecule has 0 radical (unpaired) electrons. The van der Waals surface area contributed by atoms with Crippen molar-refractivity contribution in [2.45, 2.75) is 6.18 Å². The quantitative estimate of drug-likeness (QED) is 0.537. The minimum absolute atomic E-state index is 1.13. The fourth-order valence-corrected chi connectivity index (χ4v) is 1.30. The summed E-state index contributed by atoms with van der Waals surface area (Å²) in [6.45, 7) is 2.25. The van der Waals surface area contributed by atoms with Crippen LogP contribution in [-0.2, 0) is 4.57 Å². The molecule has 0 aromatic carbocycles. The summed E-state index contributed by atoms with van der Waals surface area (Å²) in [5.41, 5.74) is 0. The van der Waals surface area contributed by atoms with E-state index in [-0.39, 0.29) is 0 Å². The van der Waals surface area contributed by atoms with Gasteiger partial charge in [0, 0.05) is 0 Å². The van der Waals surface area contributed by atoms with E-state index >= 15 is 0 Å². The Morgan fingerprint density at radius 2 is 1.67 bits per heavy atom. The molecule has 0 N–H and O–H groups in total. The molecule has 0 aromatic heterocycles. The van der Waals surface area contributed by atoms with Crippen molar-refractivity contribution in [3.05, 3.63) is 0 Å². The average molecular weight is 160 g/mol. The van der Waals surface area contributed by atoms with Gasteiger partial charge < -0.3 is 4.57 Å². The molecule has 0 unspecified atom stereocenters. The van der Waals surface area contributed by atoms with E-state index in [9.17, 15) is 17.7 Å². The zero-order valence-corrected chi connectivity index (χ0v) is 6.09. The standard InChI is InChI=1S/C4H8F3OP/c1-9(2,8)3-4(5,6)7/h3H2,1-2H3. The molecule has 0 saturated heterocycles. The van der Waals surface area contributed by atoms with Gasteiger partial charge in [-0.25, -0.2) is 0 Å². The molecule has 0 saturated carbocycles. The van der Waals surface area contributed by atoms with Crippen molar-refractivity contribution >= 4 is 7.14 Å². The first kappa shape index (κ1) is 9.02. The summed E-state index contributed by atoms with van der Waals surface area (Å²) in [5, 5.41) is 0. The van der Waals surface area contributed by atoms with Gasteiger partial charge in [0.15, 0.2) is 0 Å².